The fraction of sp³-hybridized carbons (Fsp3) is 0.235. The monoisotopic (exact) mass is 373 g/mol. The normalized spacial score (nSPS) is 11.4. The molecule has 0 aromatic heterocycles. The molecular formula is C17H15ClF3NOS. The molecule has 128 valence electrons. The van der Waals surface area contributed by atoms with Crippen molar-refractivity contribution in [1.29, 1.82) is 0 Å². The van der Waals surface area contributed by atoms with Crippen LogP contribution in [0.2, 0.25) is 5.02 Å². The van der Waals surface area contributed by atoms with Gasteiger partial charge in [-0.2, -0.15) is 13.2 Å². The Bertz CT molecular complexity index is 717. The highest BCUT2D eigenvalue weighted by Crippen LogP contribution is 2.38. The summed E-state index contributed by atoms with van der Waals surface area (Å²) in [7, 11) is 0. The molecule has 0 aliphatic rings. The number of benzene rings is 2. The van der Waals surface area contributed by atoms with Crippen LogP contribution in [-0.2, 0) is 16.7 Å². The average Bonchev–Trinajstić information content (AvgIpc) is 2.50. The van der Waals surface area contributed by atoms with Crippen LogP contribution >= 0.6 is 23.4 Å². The lowest BCUT2D eigenvalue weighted by Gasteiger charge is -2.15. The zero-order valence-electron chi connectivity index (χ0n) is 12.8. The van der Waals surface area contributed by atoms with Gasteiger partial charge in [-0.25, -0.2) is 0 Å². The summed E-state index contributed by atoms with van der Waals surface area (Å²) in [5.41, 5.74) is 0.839. The quantitative estimate of drug-likeness (QED) is 0.745. The van der Waals surface area contributed by atoms with E-state index in [0.717, 1.165) is 17.2 Å². The van der Waals surface area contributed by atoms with Crippen LogP contribution in [0.25, 0.3) is 0 Å². The van der Waals surface area contributed by atoms with Crippen LogP contribution in [0.5, 0.6) is 0 Å². The molecule has 0 saturated carbocycles. The average molecular weight is 374 g/mol. The molecule has 1 N–H and O–H groups in total. The van der Waals surface area contributed by atoms with Crippen LogP contribution in [-0.4, -0.2) is 11.7 Å². The molecule has 7 heteroatoms. The SMILES string of the molecule is Cc1ccc(CSCC(=O)Nc2c(Cl)cccc2C(F)(F)F)cc1. The van der Waals surface area contributed by atoms with Crippen molar-refractivity contribution in [3.05, 3.63) is 64.2 Å². The van der Waals surface area contributed by atoms with Crippen molar-refractivity contribution in [2.75, 3.05) is 11.1 Å². The second kappa shape index (κ2) is 7.94. The van der Waals surface area contributed by atoms with E-state index in [1.54, 1.807) is 0 Å². The zero-order chi connectivity index (χ0) is 17.7. The minimum absolute atomic E-state index is 0.0381. The summed E-state index contributed by atoms with van der Waals surface area (Å²) in [6.07, 6.45) is -4.58. The van der Waals surface area contributed by atoms with Crippen molar-refractivity contribution in [3.63, 3.8) is 0 Å². The van der Waals surface area contributed by atoms with Gasteiger partial charge in [0, 0.05) is 5.75 Å². The molecule has 2 aromatic carbocycles. The molecule has 1 amide bonds. The number of anilines is 1. The van der Waals surface area contributed by atoms with E-state index in [-0.39, 0.29) is 10.8 Å². The van der Waals surface area contributed by atoms with Gasteiger partial charge in [0.1, 0.15) is 0 Å². The van der Waals surface area contributed by atoms with Gasteiger partial charge in [0.25, 0.3) is 0 Å². The van der Waals surface area contributed by atoms with E-state index in [9.17, 15) is 18.0 Å². The van der Waals surface area contributed by atoms with Gasteiger partial charge in [0.15, 0.2) is 0 Å². The van der Waals surface area contributed by atoms with Crippen molar-refractivity contribution in [2.45, 2.75) is 18.9 Å². The Kier molecular flexibility index (Phi) is 6.18. The Labute approximate surface area is 147 Å². The zero-order valence-corrected chi connectivity index (χ0v) is 14.4. The van der Waals surface area contributed by atoms with Gasteiger partial charge in [-0.05, 0) is 24.6 Å². The highest BCUT2D eigenvalue weighted by atomic mass is 35.5. The number of halogens is 4. The minimum atomic E-state index is -4.58. The highest BCUT2D eigenvalue weighted by Gasteiger charge is 2.34. The number of rotatable bonds is 5. The van der Waals surface area contributed by atoms with Gasteiger partial charge in [-0.3, -0.25) is 4.79 Å². The summed E-state index contributed by atoms with van der Waals surface area (Å²) in [5.74, 6) is 0.115. The summed E-state index contributed by atoms with van der Waals surface area (Å²) >= 11 is 7.13. The van der Waals surface area contributed by atoms with Gasteiger partial charge in [0.2, 0.25) is 5.91 Å². The second-order valence-electron chi connectivity index (χ2n) is 5.19. The number of para-hydroxylation sites is 1. The molecule has 0 bridgehead atoms. The summed E-state index contributed by atoms with van der Waals surface area (Å²) in [6.45, 7) is 1.98. The van der Waals surface area contributed by atoms with E-state index >= 15 is 0 Å². The van der Waals surface area contributed by atoms with Gasteiger partial charge >= 0.3 is 6.18 Å². The molecular weight excluding hydrogens is 359 g/mol. The Morgan fingerprint density at radius 2 is 1.83 bits per heavy atom. The topological polar surface area (TPSA) is 29.1 Å². The van der Waals surface area contributed by atoms with Crippen LogP contribution < -0.4 is 5.32 Å². The summed E-state index contributed by atoms with van der Waals surface area (Å²) in [6, 6.07) is 11.2. The van der Waals surface area contributed by atoms with Gasteiger partial charge in [0.05, 0.1) is 22.0 Å². The van der Waals surface area contributed by atoms with E-state index in [1.165, 1.54) is 23.9 Å². The van der Waals surface area contributed by atoms with Crippen LogP contribution in [0, 0.1) is 6.92 Å². The molecule has 0 aliphatic heterocycles. The molecule has 0 radical (unpaired) electrons. The van der Waals surface area contributed by atoms with Gasteiger partial charge in [-0.15, -0.1) is 11.8 Å². The molecule has 0 heterocycles. The number of hydrogen-bond donors (Lipinski definition) is 1. The number of alkyl halides is 3. The van der Waals surface area contributed by atoms with Crippen molar-refractivity contribution in [1.82, 2.24) is 0 Å². The predicted molar refractivity (Wildman–Crippen MR) is 92.4 cm³/mol. The predicted octanol–water partition coefficient (Wildman–Crippen LogP) is 5.54. The van der Waals surface area contributed by atoms with E-state index in [2.05, 4.69) is 5.32 Å². The van der Waals surface area contributed by atoms with Crippen molar-refractivity contribution in [2.24, 2.45) is 0 Å². The van der Waals surface area contributed by atoms with Gasteiger partial charge < -0.3 is 5.32 Å². The standard InChI is InChI=1S/C17H15ClF3NOS/c1-11-5-7-12(8-6-11)9-24-10-15(23)22-16-13(17(19,20)21)3-2-4-14(16)18/h2-8H,9-10H2,1H3,(H,22,23). The number of carbonyl (C=O) groups excluding carboxylic acids is 1. The number of hydrogen-bond acceptors (Lipinski definition) is 2. The molecule has 0 aliphatic carbocycles. The smallest absolute Gasteiger partial charge is 0.324 e. The molecule has 2 aromatic rings. The van der Waals surface area contributed by atoms with Crippen LogP contribution in [0.15, 0.2) is 42.5 Å². The number of aryl methyl sites for hydroxylation is 1. The maximum Gasteiger partial charge on any atom is 0.418 e. The summed E-state index contributed by atoms with van der Waals surface area (Å²) in [4.78, 5) is 11.9. The molecule has 0 unspecified atom stereocenters. The first-order valence-electron chi connectivity index (χ1n) is 7.06. The maximum atomic E-state index is 13.0. The number of carbonyl (C=O) groups is 1. The fourth-order valence-corrected chi connectivity index (χ4v) is 3.02. The lowest BCUT2D eigenvalue weighted by Crippen LogP contribution is -2.18. The Morgan fingerprint density at radius 1 is 1.17 bits per heavy atom. The first kappa shape index (κ1) is 18.7. The molecule has 0 atom stereocenters. The first-order chi connectivity index (χ1) is 11.3. The van der Waals surface area contributed by atoms with E-state index in [4.69, 9.17) is 11.6 Å². The van der Waals surface area contributed by atoms with E-state index in [0.29, 0.717) is 5.75 Å². The molecule has 0 fully saturated rings. The third-order valence-electron chi connectivity index (χ3n) is 3.21. The molecule has 0 saturated heterocycles. The summed E-state index contributed by atoms with van der Waals surface area (Å²) < 4.78 is 38.9. The number of nitrogens with one attached hydrogen (secondary N) is 1. The summed E-state index contributed by atoms with van der Waals surface area (Å²) in [5, 5.41) is 2.13. The molecule has 2 nitrogen and oxygen atoms in total. The molecule has 0 spiro atoms. The van der Waals surface area contributed by atoms with Crippen molar-refractivity contribution < 1.29 is 18.0 Å². The third-order valence-corrected chi connectivity index (χ3v) is 4.52. The lowest BCUT2D eigenvalue weighted by atomic mass is 10.1. The number of amides is 1. The highest BCUT2D eigenvalue weighted by molar-refractivity contribution is 7.99. The Balaban J connectivity index is 1.96. The van der Waals surface area contributed by atoms with Crippen LogP contribution in [0.4, 0.5) is 18.9 Å². The Morgan fingerprint density at radius 3 is 2.46 bits per heavy atom. The molecule has 2 rings (SSSR count). The van der Waals surface area contributed by atoms with E-state index in [1.807, 2.05) is 31.2 Å². The molecule has 24 heavy (non-hydrogen) atoms. The van der Waals surface area contributed by atoms with Gasteiger partial charge in [-0.1, -0.05) is 47.5 Å². The van der Waals surface area contributed by atoms with Crippen LogP contribution in [0.3, 0.4) is 0 Å². The Hall–Kier alpha value is -1.66. The lowest BCUT2D eigenvalue weighted by molar-refractivity contribution is -0.137. The largest absolute Gasteiger partial charge is 0.418 e. The van der Waals surface area contributed by atoms with E-state index < -0.39 is 23.3 Å². The first-order valence-corrected chi connectivity index (χ1v) is 8.59. The van der Waals surface area contributed by atoms with Crippen molar-refractivity contribution in [3.8, 4) is 0 Å². The number of thioether (sulfide) groups is 1. The fourth-order valence-electron chi connectivity index (χ4n) is 2.01. The van der Waals surface area contributed by atoms with Crippen LogP contribution in [0.1, 0.15) is 16.7 Å². The van der Waals surface area contributed by atoms with Crippen molar-refractivity contribution >= 4 is 35.0 Å². The second-order valence-corrected chi connectivity index (χ2v) is 6.58. The maximum absolute atomic E-state index is 13.0. The third kappa shape index (κ3) is 5.18. The minimum Gasteiger partial charge on any atom is -0.324 e.